The van der Waals surface area contributed by atoms with Crippen LogP contribution in [0.1, 0.15) is 51.6 Å². The highest BCUT2D eigenvalue weighted by Crippen LogP contribution is 2.28. The number of carbonyl (C=O) groups is 1. The van der Waals surface area contributed by atoms with E-state index in [2.05, 4.69) is 9.97 Å². The van der Waals surface area contributed by atoms with Crippen molar-refractivity contribution in [1.82, 2.24) is 14.9 Å². The van der Waals surface area contributed by atoms with Crippen molar-refractivity contribution >= 4 is 28.8 Å². The SMILES string of the molecule is Cc1nc(C)c(CC(=O)N2CCC[C@H](c3ncc(Cc4cccc(Cl)c4)o3)C2)s1. The lowest BCUT2D eigenvalue weighted by Crippen LogP contribution is -2.40. The van der Waals surface area contributed by atoms with Crippen LogP contribution in [-0.2, 0) is 17.6 Å². The molecule has 29 heavy (non-hydrogen) atoms. The van der Waals surface area contributed by atoms with Gasteiger partial charge in [0.15, 0.2) is 5.89 Å². The molecule has 0 aliphatic carbocycles. The number of thiazole rings is 1. The fourth-order valence-corrected chi connectivity index (χ4v) is 4.97. The Hall–Kier alpha value is -2.18. The van der Waals surface area contributed by atoms with E-state index < -0.39 is 0 Å². The van der Waals surface area contributed by atoms with Crippen LogP contribution in [0.5, 0.6) is 0 Å². The number of hydrogen-bond acceptors (Lipinski definition) is 5. The molecule has 0 radical (unpaired) electrons. The van der Waals surface area contributed by atoms with E-state index in [9.17, 15) is 4.79 Å². The first-order valence-corrected chi connectivity index (χ1v) is 11.1. The third-order valence-corrected chi connectivity index (χ3v) is 6.58. The van der Waals surface area contributed by atoms with E-state index in [1.807, 2.05) is 43.0 Å². The van der Waals surface area contributed by atoms with Crippen LogP contribution in [0.4, 0.5) is 0 Å². The Balaban J connectivity index is 1.40. The average molecular weight is 430 g/mol. The molecular weight excluding hydrogens is 406 g/mol. The summed E-state index contributed by atoms with van der Waals surface area (Å²) in [6, 6.07) is 7.76. The number of likely N-dealkylation sites (tertiary alicyclic amines) is 1. The number of piperidine rings is 1. The summed E-state index contributed by atoms with van der Waals surface area (Å²) in [6.07, 6.45) is 4.83. The molecule has 152 valence electrons. The molecule has 1 fully saturated rings. The molecule has 1 aliphatic rings. The van der Waals surface area contributed by atoms with Gasteiger partial charge in [-0.15, -0.1) is 11.3 Å². The number of halogens is 1. The Morgan fingerprint density at radius 2 is 2.24 bits per heavy atom. The molecule has 1 amide bonds. The molecular formula is C22H24ClN3O2S. The first-order valence-electron chi connectivity index (χ1n) is 9.87. The number of nitrogens with zero attached hydrogens (tertiary/aromatic N) is 3. The monoisotopic (exact) mass is 429 g/mol. The Labute approximate surface area is 179 Å². The Morgan fingerprint density at radius 1 is 1.38 bits per heavy atom. The van der Waals surface area contributed by atoms with Gasteiger partial charge in [0.05, 0.1) is 29.2 Å². The summed E-state index contributed by atoms with van der Waals surface area (Å²) in [4.78, 5) is 24.8. The Bertz CT molecular complexity index is 1010. The van der Waals surface area contributed by atoms with Crippen LogP contribution in [0.25, 0.3) is 0 Å². The van der Waals surface area contributed by atoms with Gasteiger partial charge in [-0.1, -0.05) is 23.7 Å². The van der Waals surface area contributed by atoms with E-state index in [0.29, 0.717) is 19.4 Å². The molecule has 1 aromatic carbocycles. The number of rotatable bonds is 5. The largest absolute Gasteiger partial charge is 0.445 e. The fraction of sp³-hybridized carbons (Fsp3) is 0.409. The van der Waals surface area contributed by atoms with Gasteiger partial charge in [-0.05, 0) is 44.4 Å². The predicted molar refractivity (Wildman–Crippen MR) is 115 cm³/mol. The number of hydrogen-bond donors (Lipinski definition) is 0. The maximum atomic E-state index is 12.8. The highest BCUT2D eigenvalue weighted by atomic mass is 35.5. The Kier molecular flexibility index (Phi) is 6.01. The van der Waals surface area contributed by atoms with Crippen LogP contribution in [0, 0.1) is 13.8 Å². The summed E-state index contributed by atoms with van der Waals surface area (Å²) in [5.74, 6) is 1.85. The number of aromatic nitrogens is 2. The normalized spacial score (nSPS) is 16.9. The number of amides is 1. The van der Waals surface area contributed by atoms with Gasteiger partial charge >= 0.3 is 0 Å². The smallest absolute Gasteiger partial charge is 0.227 e. The molecule has 2 aromatic heterocycles. The molecule has 3 aromatic rings. The summed E-state index contributed by atoms with van der Waals surface area (Å²) in [5, 5.41) is 1.73. The number of oxazole rings is 1. The van der Waals surface area contributed by atoms with Crippen molar-refractivity contribution in [3.63, 3.8) is 0 Å². The van der Waals surface area contributed by atoms with E-state index in [4.69, 9.17) is 16.0 Å². The van der Waals surface area contributed by atoms with Gasteiger partial charge in [-0.2, -0.15) is 0 Å². The van der Waals surface area contributed by atoms with Crippen LogP contribution in [-0.4, -0.2) is 33.9 Å². The van der Waals surface area contributed by atoms with Crippen LogP contribution in [0.2, 0.25) is 5.02 Å². The van der Waals surface area contributed by atoms with Gasteiger partial charge < -0.3 is 9.32 Å². The zero-order chi connectivity index (χ0) is 20.4. The quantitative estimate of drug-likeness (QED) is 0.576. The van der Waals surface area contributed by atoms with Crippen LogP contribution >= 0.6 is 22.9 Å². The first-order chi connectivity index (χ1) is 14.0. The second kappa shape index (κ2) is 8.67. The topological polar surface area (TPSA) is 59.2 Å². The highest BCUT2D eigenvalue weighted by molar-refractivity contribution is 7.11. The summed E-state index contributed by atoms with van der Waals surface area (Å²) in [6.45, 7) is 5.40. The molecule has 4 rings (SSSR count). The van der Waals surface area contributed by atoms with E-state index in [-0.39, 0.29) is 11.8 Å². The standard InChI is InChI=1S/C22H24ClN3O2S/c1-14-20(29-15(2)25-14)11-21(27)26-8-4-6-17(13-26)22-24-12-19(28-22)10-16-5-3-7-18(23)9-16/h3,5,7,9,12,17H,4,6,8,10-11,13H2,1-2H3/t17-/m0/s1. The minimum Gasteiger partial charge on any atom is -0.445 e. The molecule has 1 aliphatic heterocycles. The van der Waals surface area contributed by atoms with Crippen molar-refractivity contribution in [3.05, 3.63) is 68.3 Å². The molecule has 7 heteroatoms. The zero-order valence-corrected chi connectivity index (χ0v) is 18.2. The first kappa shape index (κ1) is 20.1. The Morgan fingerprint density at radius 3 is 3.00 bits per heavy atom. The third-order valence-electron chi connectivity index (χ3n) is 5.27. The predicted octanol–water partition coefficient (Wildman–Crippen LogP) is 4.94. The molecule has 1 saturated heterocycles. The molecule has 0 saturated carbocycles. The molecule has 1 atom stereocenters. The summed E-state index contributed by atoms with van der Waals surface area (Å²) < 4.78 is 6.04. The second-order valence-corrected chi connectivity index (χ2v) is 9.29. The molecule has 0 N–H and O–H groups in total. The maximum absolute atomic E-state index is 12.8. The highest BCUT2D eigenvalue weighted by Gasteiger charge is 2.28. The van der Waals surface area contributed by atoms with E-state index in [0.717, 1.165) is 57.2 Å². The van der Waals surface area contributed by atoms with Gasteiger partial charge in [0.2, 0.25) is 5.91 Å². The van der Waals surface area contributed by atoms with Gasteiger partial charge in [0.1, 0.15) is 5.76 Å². The molecule has 0 spiro atoms. The fourth-order valence-electron chi connectivity index (χ4n) is 3.83. The lowest BCUT2D eigenvalue weighted by molar-refractivity contribution is -0.131. The molecule has 3 heterocycles. The molecule has 0 bridgehead atoms. The summed E-state index contributed by atoms with van der Waals surface area (Å²) in [5.41, 5.74) is 2.06. The third kappa shape index (κ3) is 4.87. The van der Waals surface area contributed by atoms with Gasteiger partial charge in [0.25, 0.3) is 0 Å². The summed E-state index contributed by atoms with van der Waals surface area (Å²) in [7, 11) is 0. The molecule has 0 unspecified atom stereocenters. The number of carbonyl (C=O) groups excluding carboxylic acids is 1. The zero-order valence-electron chi connectivity index (χ0n) is 16.7. The minimum absolute atomic E-state index is 0.144. The van der Waals surface area contributed by atoms with Crippen LogP contribution in [0.15, 0.2) is 34.9 Å². The van der Waals surface area contributed by atoms with Crippen molar-refractivity contribution in [2.24, 2.45) is 0 Å². The van der Waals surface area contributed by atoms with E-state index in [1.165, 1.54) is 0 Å². The number of aryl methyl sites for hydroxylation is 2. The van der Waals surface area contributed by atoms with Crippen LogP contribution < -0.4 is 0 Å². The van der Waals surface area contributed by atoms with Crippen molar-refractivity contribution in [3.8, 4) is 0 Å². The van der Waals surface area contributed by atoms with E-state index >= 15 is 0 Å². The average Bonchev–Trinajstić information content (AvgIpc) is 3.28. The lowest BCUT2D eigenvalue weighted by atomic mass is 9.97. The van der Waals surface area contributed by atoms with Crippen molar-refractivity contribution < 1.29 is 9.21 Å². The summed E-state index contributed by atoms with van der Waals surface area (Å²) >= 11 is 7.68. The van der Waals surface area contributed by atoms with Gasteiger partial charge in [0, 0.05) is 29.4 Å². The number of benzene rings is 1. The minimum atomic E-state index is 0.144. The van der Waals surface area contributed by atoms with Crippen molar-refractivity contribution in [1.29, 1.82) is 0 Å². The maximum Gasteiger partial charge on any atom is 0.227 e. The van der Waals surface area contributed by atoms with Crippen molar-refractivity contribution in [2.45, 2.75) is 45.4 Å². The van der Waals surface area contributed by atoms with Gasteiger partial charge in [-0.3, -0.25) is 4.79 Å². The lowest BCUT2D eigenvalue weighted by Gasteiger charge is -2.31. The molecule has 5 nitrogen and oxygen atoms in total. The van der Waals surface area contributed by atoms with E-state index in [1.54, 1.807) is 17.5 Å². The van der Waals surface area contributed by atoms with Crippen LogP contribution in [0.3, 0.4) is 0 Å². The van der Waals surface area contributed by atoms with Crippen molar-refractivity contribution in [2.75, 3.05) is 13.1 Å². The second-order valence-electron chi connectivity index (χ2n) is 7.57. The van der Waals surface area contributed by atoms with Gasteiger partial charge in [-0.25, -0.2) is 9.97 Å².